The number of para-hydroxylation sites is 1. The van der Waals surface area contributed by atoms with Crippen molar-refractivity contribution in [2.45, 2.75) is 6.92 Å². The summed E-state index contributed by atoms with van der Waals surface area (Å²) in [5.41, 5.74) is 0.560. The van der Waals surface area contributed by atoms with E-state index >= 15 is 0 Å². The van der Waals surface area contributed by atoms with Crippen molar-refractivity contribution in [3.63, 3.8) is 0 Å². The molecule has 0 heterocycles. The molecule has 0 saturated carbocycles. The maximum absolute atomic E-state index is 10.8. The Labute approximate surface area is 82.0 Å². The Morgan fingerprint density at radius 2 is 2.21 bits per heavy atom. The van der Waals surface area contributed by atoms with Crippen LogP contribution in [-0.2, 0) is 0 Å². The molecule has 0 amide bonds. The molecule has 1 rings (SSSR count). The first-order chi connectivity index (χ1) is 6.70. The zero-order chi connectivity index (χ0) is 10.6. The van der Waals surface area contributed by atoms with Crippen molar-refractivity contribution in [1.29, 1.82) is 0 Å². The van der Waals surface area contributed by atoms with E-state index in [9.17, 15) is 10.1 Å². The number of nitro groups is 1. The summed E-state index contributed by atoms with van der Waals surface area (Å²) >= 11 is 0. The van der Waals surface area contributed by atoms with Gasteiger partial charge in [-0.3, -0.25) is 10.1 Å². The van der Waals surface area contributed by atoms with Gasteiger partial charge in [-0.1, -0.05) is 18.2 Å². The van der Waals surface area contributed by atoms with Crippen molar-refractivity contribution in [3.8, 4) is 5.75 Å². The summed E-state index contributed by atoms with van der Waals surface area (Å²) in [6.45, 7) is 1.81. The molecule has 0 aromatic heterocycles. The lowest BCUT2D eigenvalue weighted by atomic mass is 10.1. The Bertz CT molecular complexity index is 372. The van der Waals surface area contributed by atoms with Crippen LogP contribution in [0.4, 0.5) is 5.69 Å². The summed E-state index contributed by atoms with van der Waals surface area (Å²) in [7, 11) is 1.42. The molecule has 4 nitrogen and oxygen atoms in total. The molecule has 0 N–H and O–H groups in total. The molecule has 0 unspecified atom stereocenters. The minimum atomic E-state index is -0.436. The molecule has 1 aromatic rings. The van der Waals surface area contributed by atoms with Crippen molar-refractivity contribution >= 4 is 11.8 Å². The monoisotopic (exact) mass is 193 g/mol. The van der Waals surface area contributed by atoms with Gasteiger partial charge >= 0.3 is 5.69 Å². The fourth-order valence-electron chi connectivity index (χ4n) is 1.21. The molecule has 4 heteroatoms. The highest BCUT2D eigenvalue weighted by molar-refractivity contribution is 5.66. The summed E-state index contributed by atoms with van der Waals surface area (Å²) in [6.07, 6.45) is 3.43. The topological polar surface area (TPSA) is 52.4 Å². The van der Waals surface area contributed by atoms with E-state index in [1.165, 1.54) is 7.11 Å². The van der Waals surface area contributed by atoms with Crippen LogP contribution in [0.3, 0.4) is 0 Å². The Kier molecular flexibility index (Phi) is 3.23. The number of hydrogen-bond acceptors (Lipinski definition) is 3. The zero-order valence-corrected chi connectivity index (χ0v) is 8.06. The van der Waals surface area contributed by atoms with Gasteiger partial charge in [0.05, 0.1) is 17.6 Å². The highest BCUT2D eigenvalue weighted by Gasteiger charge is 2.17. The minimum absolute atomic E-state index is 0.00750. The van der Waals surface area contributed by atoms with E-state index in [1.54, 1.807) is 30.4 Å². The molecule has 1 aromatic carbocycles. The molecule has 0 radical (unpaired) electrons. The largest absolute Gasteiger partial charge is 0.490 e. The number of rotatable bonds is 3. The smallest absolute Gasteiger partial charge is 0.318 e. The van der Waals surface area contributed by atoms with Crippen LogP contribution < -0.4 is 4.74 Å². The van der Waals surface area contributed by atoms with Crippen LogP contribution >= 0.6 is 0 Å². The fraction of sp³-hybridized carbons (Fsp3) is 0.200. The van der Waals surface area contributed by atoms with E-state index in [-0.39, 0.29) is 11.4 Å². The summed E-state index contributed by atoms with van der Waals surface area (Å²) in [6, 6.07) is 4.98. The van der Waals surface area contributed by atoms with Gasteiger partial charge in [-0.25, -0.2) is 0 Å². The maximum atomic E-state index is 10.8. The second-order valence-corrected chi connectivity index (χ2v) is 2.66. The summed E-state index contributed by atoms with van der Waals surface area (Å²) in [5, 5.41) is 10.8. The first kappa shape index (κ1) is 10.2. The first-order valence-electron chi connectivity index (χ1n) is 4.14. The Morgan fingerprint density at radius 1 is 1.50 bits per heavy atom. The Balaban J connectivity index is 3.35. The van der Waals surface area contributed by atoms with Gasteiger partial charge < -0.3 is 4.74 Å². The van der Waals surface area contributed by atoms with Gasteiger partial charge in [0.25, 0.3) is 0 Å². The maximum Gasteiger partial charge on any atom is 0.318 e. The molecule has 0 atom stereocenters. The summed E-state index contributed by atoms with van der Waals surface area (Å²) in [4.78, 5) is 10.3. The first-order valence-corrected chi connectivity index (χ1v) is 4.14. The van der Waals surface area contributed by atoms with Crippen molar-refractivity contribution < 1.29 is 9.66 Å². The molecule has 0 aliphatic carbocycles. The number of nitro benzene ring substituents is 1. The van der Waals surface area contributed by atoms with Gasteiger partial charge in [0.15, 0.2) is 5.75 Å². The summed E-state index contributed by atoms with van der Waals surface area (Å²) < 4.78 is 4.92. The molecule has 0 fully saturated rings. The average Bonchev–Trinajstić information content (AvgIpc) is 2.17. The second kappa shape index (κ2) is 4.41. The van der Waals surface area contributed by atoms with Crippen molar-refractivity contribution in [1.82, 2.24) is 0 Å². The van der Waals surface area contributed by atoms with E-state index in [2.05, 4.69) is 0 Å². The van der Waals surface area contributed by atoms with Crippen molar-refractivity contribution in [2.24, 2.45) is 0 Å². The molecular weight excluding hydrogens is 182 g/mol. The minimum Gasteiger partial charge on any atom is -0.490 e. The van der Waals surface area contributed by atoms with Crippen LogP contribution in [0.15, 0.2) is 24.3 Å². The number of methoxy groups -OCH3 is 1. The number of benzene rings is 1. The van der Waals surface area contributed by atoms with Crippen LogP contribution in [0.25, 0.3) is 6.08 Å². The molecular formula is C10H11NO3. The molecule has 0 bridgehead atoms. The van der Waals surface area contributed by atoms with E-state index in [0.717, 1.165) is 0 Å². The molecule has 0 spiro atoms. The SMILES string of the molecule is C/C=C/c1cccc(OC)c1[N+](=O)[O-]. The van der Waals surface area contributed by atoms with E-state index < -0.39 is 4.92 Å². The van der Waals surface area contributed by atoms with Gasteiger partial charge in [-0.05, 0) is 19.1 Å². The third kappa shape index (κ3) is 1.90. The zero-order valence-electron chi connectivity index (χ0n) is 8.06. The number of nitrogens with zero attached hydrogens (tertiary/aromatic N) is 1. The van der Waals surface area contributed by atoms with Crippen molar-refractivity contribution in [2.75, 3.05) is 7.11 Å². The van der Waals surface area contributed by atoms with Crippen LogP contribution in [0.1, 0.15) is 12.5 Å². The van der Waals surface area contributed by atoms with Gasteiger partial charge in [0.1, 0.15) is 0 Å². The summed E-state index contributed by atoms with van der Waals surface area (Å²) in [5.74, 6) is 0.283. The van der Waals surface area contributed by atoms with Gasteiger partial charge in [-0.2, -0.15) is 0 Å². The van der Waals surface area contributed by atoms with E-state index in [0.29, 0.717) is 5.56 Å². The molecule has 0 aliphatic rings. The second-order valence-electron chi connectivity index (χ2n) is 2.66. The lowest BCUT2D eigenvalue weighted by Gasteiger charge is -2.03. The third-order valence-corrected chi connectivity index (χ3v) is 1.78. The average molecular weight is 193 g/mol. The van der Waals surface area contributed by atoms with Crippen LogP contribution in [0, 0.1) is 10.1 Å². The third-order valence-electron chi connectivity index (χ3n) is 1.78. The highest BCUT2D eigenvalue weighted by atomic mass is 16.6. The lowest BCUT2D eigenvalue weighted by Crippen LogP contribution is -1.95. The molecule has 14 heavy (non-hydrogen) atoms. The number of hydrogen-bond donors (Lipinski definition) is 0. The molecule has 0 saturated heterocycles. The molecule has 0 aliphatic heterocycles. The lowest BCUT2D eigenvalue weighted by molar-refractivity contribution is -0.386. The van der Waals surface area contributed by atoms with Gasteiger partial charge in [0.2, 0.25) is 0 Å². The molecule has 74 valence electrons. The quantitative estimate of drug-likeness (QED) is 0.547. The van der Waals surface area contributed by atoms with E-state index in [1.807, 2.05) is 6.92 Å². The van der Waals surface area contributed by atoms with Crippen LogP contribution in [-0.4, -0.2) is 12.0 Å². The predicted octanol–water partition coefficient (Wildman–Crippen LogP) is 2.64. The highest BCUT2D eigenvalue weighted by Crippen LogP contribution is 2.31. The van der Waals surface area contributed by atoms with Gasteiger partial charge in [-0.15, -0.1) is 0 Å². The Hall–Kier alpha value is -1.84. The number of ether oxygens (including phenoxy) is 1. The standard InChI is InChI=1S/C10H11NO3/c1-3-5-8-6-4-7-9(14-2)10(8)11(12)13/h3-7H,1-2H3/b5-3+. The van der Waals surface area contributed by atoms with Crippen LogP contribution in [0.5, 0.6) is 5.75 Å². The Morgan fingerprint density at radius 3 is 2.71 bits per heavy atom. The predicted molar refractivity (Wildman–Crippen MR) is 54.4 cm³/mol. The normalized spacial score (nSPS) is 10.4. The number of allylic oxidation sites excluding steroid dienone is 1. The fourth-order valence-corrected chi connectivity index (χ4v) is 1.21. The van der Waals surface area contributed by atoms with Crippen molar-refractivity contribution in [3.05, 3.63) is 40.0 Å². The van der Waals surface area contributed by atoms with Crippen LogP contribution in [0.2, 0.25) is 0 Å². The van der Waals surface area contributed by atoms with Gasteiger partial charge in [0, 0.05) is 0 Å². The van der Waals surface area contributed by atoms with E-state index in [4.69, 9.17) is 4.74 Å².